The zero-order valence-corrected chi connectivity index (χ0v) is 18.7. The average Bonchev–Trinajstić information content (AvgIpc) is 3.32. The molecule has 0 atom stereocenters. The van der Waals surface area contributed by atoms with E-state index in [4.69, 9.17) is 16.0 Å². The molecule has 3 aromatic rings. The highest BCUT2D eigenvalue weighted by atomic mass is 35.5. The first-order valence-electron chi connectivity index (χ1n) is 10.4. The van der Waals surface area contributed by atoms with E-state index < -0.39 is 0 Å². The van der Waals surface area contributed by atoms with Crippen molar-refractivity contribution in [1.82, 2.24) is 20.0 Å². The number of likely N-dealkylation sites (tertiary alicyclic amines) is 1. The third-order valence-corrected chi connectivity index (χ3v) is 6.09. The van der Waals surface area contributed by atoms with E-state index in [1.807, 2.05) is 6.92 Å². The second kappa shape index (κ2) is 9.16. The molecule has 2 aromatic heterocycles. The van der Waals surface area contributed by atoms with Gasteiger partial charge in [-0.2, -0.15) is 5.10 Å². The molecule has 1 saturated heterocycles. The summed E-state index contributed by atoms with van der Waals surface area (Å²) >= 11 is 6.51. The van der Waals surface area contributed by atoms with Gasteiger partial charge in [-0.15, -0.1) is 0 Å². The topological polar surface area (TPSA) is 80.4 Å². The number of rotatable bonds is 5. The summed E-state index contributed by atoms with van der Waals surface area (Å²) in [7, 11) is 0. The zero-order valence-electron chi connectivity index (χ0n) is 17.9. The molecule has 0 bridgehead atoms. The van der Waals surface area contributed by atoms with E-state index in [0.29, 0.717) is 49.5 Å². The zero-order chi connectivity index (χ0) is 22.8. The number of amides is 2. The van der Waals surface area contributed by atoms with Crippen LogP contribution in [0.15, 0.2) is 41.0 Å². The molecule has 1 aliphatic rings. The summed E-state index contributed by atoms with van der Waals surface area (Å²) < 4.78 is 19.9. The fourth-order valence-corrected chi connectivity index (χ4v) is 4.22. The smallest absolute Gasteiger partial charge is 0.287 e. The summed E-state index contributed by atoms with van der Waals surface area (Å²) in [5.74, 6) is -0.409. The Morgan fingerprint density at radius 2 is 1.88 bits per heavy atom. The Morgan fingerprint density at radius 1 is 1.19 bits per heavy atom. The van der Waals surface area contributed by atoms with Crippen molar-refractivity contribution in [3.63, 3.8) is 0 Å². The van der Waals surface area contributed by atoms with Gasteiger partial charge in [0.1, 0.15) is 11.0 Å². The lowest BCUT2D eigenvalue weighted by Crippen LogP contribution is -2.46. The highest BCUT2D eigenvalue weighted by Gasteiger charge is 2.29. The van der Waals surface area contributed by atoms with Gasteiger partial charge in [0.2, 0.25) is 0 Å². The fourth-order valence-electron chi connectivity index (χ4n) is 3.91. The molecule has 0 spiro atoms. The number of nitrogens with zero attached hydrogens (tertiary/aromatic N) is 3. The Morgan fingerprint density at radius 3 is 2.50 bits per heavy atom. The summed E-state index contributed by atoms with van der Waals surface area (Å²) in [6.07, 6.45) is 2.77. The van der Waals surface area contributed by atoms with E-state index in [-0.39, 0.29) is 28.8 Å². The van der Waals surface area contributed by atoms with Crippen molar-refractivity contribution in [2.75, 3.05) is 13.1 Å². The molecule has 4 rings (SSSR count). The van der Waals surface area contributed by atoms with E-state index in [0.717, 1.165) is 11.1 Å². The number of halogens is 2. The Labute approximate surface area is 190 Å². The predicted molar refractivity (Wildman–Crippen MR) is 117 cm³/mol. The lowest BCUT2D eigenvalue weighted by molar-refractivity contribution is 0.0695. The van der Waals surface area contributed by atoms with E-state index in [2.05, 4.69) is 10.4 Å². The van der Waals surface area contributed by atoms with E-state index in [1.54, 1.807) is 34.7 Å². The second-order valence-electron chi connectivity index (χ2n) is 8.01. The largest absolute Gasteiger partial charge is 0.459 e. The number of piperidine rings is 1. The summed E-state index contributed by atoms with van der Waals surface area (Å²) in [5.41, 5.74) is 2.55. The first-order chi connectivity index (χ1) is 15.3. The van der Waals surface area contributed by atoms with Crippen LogP contribution in [0.2, 0.25) is 5.15 Å². The van der Waals surface area contributed by atoms with Gasteiger partial charge in [0.25, 0.3) is 11.8 Å². The van der Waals surface area contributed by atoms with Crippen molar-refractivity contribution >= 4 is 23.4 Å². The van der Waals surface area contributed by atoms with Crippen molar-refractivity contribution in [3.05, 3.63) is 75.7 Å². The molecule has 2 amide bonds. The molecule has 3 heterocycles. The SMILES string of the molecule is Cc1ccoc1C(=O)NC1CCN(C(=O)c2c(C)nn(Cc3ccc(F)cc3)c2Cl)CC1. The van der Waals surface area contributed by atoms with Crippen LogP contribution in [0.1, 0.15) is 50.6 Å². The van der Waals surface area contributed by atoms with Gasteiger partial charge in [0.15, 0.2) is 5.76 Å². The maximum absolute atomic E-state index is 13.1. The van der Waals surface area contributed by atoms with Crippen molar-refractivity contribution < 1.29 is 18.4 Å². The molecule has 0 radical (unpaired) electrons. The fraction of sp³-hybridized carbons (Fsp3) is 0.348. The number of nitrogens with one attached hydrogen (secondary N) is 1. The highest BCUT2D eigenvalue weighted by molar-refractivity contribution is 6.33. The molecule has 1 N–H and O–H groups in total. The average molecular weight is 459 g/mol. The third kappa shape index (κ3) is 4.55. The van der Waals surface area contributed by atoms with Crippen molar-refractivity contribution in [3.8, 4) is 0 Å². The summed E-state index contributed by atoms with van der Waals surface area (Å²) in [6, 6.07) is 7.79. The van der Waals surface area contributed by atoms with Crippen LogP contribution in [0.25, 0.3) is 0 Å². The number of aromatic nitrogens is 2. The monoisotopic (exact) mass is 458 g/mol. The standard InChI is InChI=1S/C23H24ClFN4O3/c1-14-9-12-32-20(14)22(30)26-18-7-10-28(11-8-18)23(31)19-15(2)27-29(21(19)24)13-16-3-5-17(25)6-4-16/h3-6,9,12,18H,7-8,10-11,13H2,1-2H3,(H,26,30). The molecule has 1 fully saturated rings. The summed E-state index contributed by atoms with van der Waals surface area (Å²) in [5, 5.41) is 7.65. The number of furan rings is 1. The maximum Gasteiger partial charge on any atom is 0.287 e. The van der Waals surface area contributed by atoms with Gasteiger partial charge < -0.3 is 14.6 Å². The normalized spacial score (nSPS) is 14.6. The molecule has 32 heavy (non-hydrogen) atoms. The van der Waals surface area contributed by atoms with Crippen LogP contribution in [0.4, 0.5) is 4.39 Å². The molecular formula is C23H24ClFN4O3. The van der Waals surface area contributed by atoms with Crippen LogP contribution < -0.4 is 5.32 Å². The van der Waals surface area contributed by atoms with Gasteiger partial charge in [0, 0.05) is 24.7 Å². The number of hydrogen-bond acceptors (Lipinski definition) is 4. The molecular weight excluding hydrogens is 435 g/mol. The number of carbonyl (C=O) groups excluding carboxylic acids is 2. The second-order valence-corrected chi connectivity index (χ2v) is 8.37. The lowest BCUT2D eigenvalue weighted by Gasteiger charge is -2.32. The first kappa shape index (κ1) is 22.1. The first-order valence-corrected chi connectivity index (χ1v) is 10.8. The van der Waals surface area contributed by atoms with Gasteiger partial charge >= 0.3 is 0 Å². The van der Waals surface area contributed by atoms with Crippen LogP contribution in [0.3, 0.4) is 0 Å². The molecule has 0 saturated carbocycles. The Kier molecular flexibility index (Phi) is 6.32. The van der Waals surface area contributed by atoms with Gasteiger partial charge in [-0.3, -0.25) is 9.59 Å². The van der Waals surface area contributed by atoms with Crippen molar-refractivity contribution in [2.24, 2.45) is 0 Å². The van der Waals surface area contributed by atoms with Crippen LogP contribution in [-0.2, 0) is 6.54 Å². The molecule has 9 heteroatoms. The van der Waals surface area contributed by atoms with Crippen molar-refractivity contribution in [2.45, 2.75) is 39.3 Å². The third-order valence-electron chi connectivity index (χ3n) is 5.71. The minimum absolute atomic E-state index is 0.0335. The quantitative estimate of drug-likeness (QED) is 0.627. The minimum atomic E-state index is -0.314. The Balaban J connectivity index is 1.39. The number of benzene rings is 1. The predicted octanol–water partition coefficient (Wildman–Crippen LogP) is 3.97. The molecule has 0 aliphatic carbocycles. The van der Waals surface area contributed by atoms with Gasteiger partial charge in [0.05, 0.1) is 24.1 Å². The summed E-state index contributed by atoms with van der Waals surface area (Å²) in [4.78, 5) is 27.2. The van der Waals surface area contributed by atoms with E-state index >= 15 is 0 Å². The molecule has 7 nitrogen and oxygen atoms in total. The maximum atomic E-state index is 13.1. The lowest BCUT2D eigenvalue weighted by atomic mass is 10.0. The van der Waals surface area contributed by atoms with Crippen LogP contribution in [-0.4, -0.2) is 45.6 Å². The Hall–Kier alpha value is -3.13. The van der Waals surface area contributed by atoms with Gasteiger partial charge in [-0.05, 0) is 50.5 Å². The molecule has 168 valence electrons. The van der Waals surface area contributed by atoms with Gasteiger partial charge in [-0.25, -0.2) is 9.07 Å². The number of aryl methyl sites for hydroxylation is 2. The van der Waals surface area contributed by atoms with Crippen LogP contribution >= 0.6 is 11.6 Å². The van der Waals surface area contributed by atoms with E-state index in [1.165, 1.54) is 18.4 Å². The van der Waals surface area contributed by atoms with E-state index in [9.17, 15) is 14.0 Å². The summed E-state index contributed by atoms with van der Waals surface area (Å²) in [6.45, 7) is 4.91. The van der Waals surface area contributed by atoms with Crippen LogP contribution in [0, 0.1) is 19.7 Å². The Bertz CT molecular complexity index is 1130. The minimum Gasteiger partial charge on any atom is -0.459 e. The van der Waals surface area contributed by atoms with Crippen molar-refractivity contribution in [1.29, 1.82) is 0 Å². The van der Waals surface area contributed by atoms with Crippen LogP contribution in [0.5, 0.6) is 0 Å². The molecule has 0 unspecified atom stereocenters. The van der Waals surface area contributed by atoms with Gasteiger partial charge in [-0.1, -0.05) is 23.7 Å². The number of hydrogen-bond donors (Lipinski definition) is 1. The molecule has 1 aromatic carbocycles. The molecule has 1 aliphatic heterocycles. The highest BCUT2D eigenvalue weighted by Crippen LogP contribution is 2.24. The number of carbonyl (C=O) groups is 2.